The van der Waals surface area contributed by atoms with E-state index < -0.39 is 0 Å². The van der Waals surface area contributed by atoms with Crippen LogP contribution in [0.5, 0.6) is 0 Å². The normalized spacial score (nSPS) is 10.4. The number of rotatable bonds is 7. The number of thioether (sulfide) groups is 1. The lowest BCUT2D eigenvalue weighted by molar-refractivity contribution is -0.113. The Kier molecular flexibility index (Phi) is 6.84. The number of benzene rings is 2. The van der Waals surface area contributed by atoms with Crippen molar-refractivity contribution in [2.24, 2.45) is 0 Å². The molecule has 0 radical (unpaired) electrons. The molecule has 0 atom stereocenters. The van der Waals surface area contributed by atoms with Crippen LogP contribution >= 0.6 is 27.7 Å². The predicted octanol–water partition coefficient (Wildman–Crippen LogP) is 4.89. The van der Waals surface area contributed by atoms with E-state index in [-0.39, 0.29) is 11.7 Å². The molecule has 7 heteroatoms. The van der Waals surface area contributed by atoms with E-state index in [2.05, 4.69) is 48.9 Å². The van der Waals surface area contributed by atoms with E-state index in [1.807, 2.05) is 55.5 Å². The van der Waals surface area contributed by atoms with Crippen LogP contribution in [0.15, 0.2) is 70.2 Å². The van der Waals surface area contributed by atoms with Gasteiger partial charge in [-0.1, -0.05) is 48.2 Å². The Morgan fingerprint density at radius 3 is 2.59 bits per heavy atom. The first kappa shape index (κ1) is 19.4. The van der Waals surface area contributed by atoms with Gasteiger partial charge in [0.1, 0.15) is 10.8 Å². The van der Waals surface area contributed by atoms with E-state index in [1.165, 1.54) is 17.3 Å². The summed E-state index contributed by atoms with van der Waals surface area (Å²) in [4.78, 5) is 12.1. The summed E-state index contributed by atoms with van der Waals surface area (Å²) in [5.41, 5.74) is 3.07. The van der Waals surface area contributed by atoms with Crippen LogP contribution in [0.2, 0.25) is 0 Å². The first-order chi connectivity index (χ1) is 13.1. The number of nitrogens with one attached hydrogen (secondary N) is 2. The van der Waals surface area contributed by atoms with Crippen LogP contribution < -0.4 is 10.6 Å². The summed E-state index contributed by atoms with van der Waals surface area (Å²) in [5, 5.41) is 15.1. The van der Waals surface area contributed by atoms with Crippen LogP contribution in [0.4, 0.5) is 11.5 Å². The minimum atomic E-state index is -0.0855. The second kappa shape index (κ2) is 9.53. The maximum absolute atomic E-state index is 12.1. The molecule has 1 aromatic heterocycles. The summed E-state index contributed by atoms with van der Waals surface area (Å²) in [7, 11) is 0. The molecule has 5 nitrogen and oxygen atoms in total. The maximum atomic E-state index is 12.1. The fourth-order valence-electron chi connectivity index (χ4n) is 2.33. The van der Waals surface area contributed by atoms with Gasteiger partial charge in [0.15, 0.2) is 0 Å². The molecule has 0 spiro atoms. The van der Waals surface area contributed by atoms with Gasteiger partial charge in [0.25, 0.3) is 0 Å². The first-order valence-electron chi connectivity index (χ1n) is 8.40. The van der Waals surface area contributed by atoms with E-state index in [0.29, 0.717) is 17.4 Å². The third-order valence-electron chi connectivity index (χ3n) is 3.71. The molecule has 0 aliphatic rings. The summed E-state index contributed by atoms with van der Waals surface area (Å²) < 4.78 is 0.870. The Bertz CT molecular complexity index is 904. The van der Waals surface area contributed by atoms with Crippen molar-refractivity contribution in [1.29, 1.82) is 0 Å². The van der Waals surface area contributed by atoms with Gasteiger partial charge in [-0.25, -0.2) is 0 Å². The van der Waals surface area contributed by atoms with Gasteiger partial charge >= 0.3 is 0 Å². The summed E-state index contributed by atoms with van der Waals surface area (Å²) in [6.07, 6.45) is 0. The Labute approximate surface area is 171 Å². The molecule has 138 valence electrons. The smallest absolute Gasteiger partial charge is 0.234 e. The molecule has 3 aromatic rings. The van der Waals surface area contributed by atoms with Crippen LogP contribution in [-0.2, 0) is 11.3 Å². The average Bonchev–Trinajstić information content (AvgIpc) is 2.68. The highest BCUT2D eigenvalue weighted by molar-refractivity contribution is 9.10. The number of halogens is 1. The van der Waals surface area contributed by atoms with E-state index in [0.717, 1.165) is 15.7 Å². The van der Waals surface area contributed by atoms with Crippen molar-refractivity contribution < 1.29 is 4.79 Å². The van der Waals surface area contributed by atoms with E-state index in [4.69, 9.17) is 0 Å². The summed E-state index contributed by atoms with van der Waals surface area (Å²) >= 11 is 4.81. The minimum Gasteiger partial charge on any atom is -0.365 e. The molecule has 0 unspecified atom stereocenters. The lowest BCUT2D eigenvalue weighted by atomic mass is 10.2. The Morgan fingerprint density at radius 2 is 1.89 bits per heavy atom. The summed E-state index contributed by atoms with van der Waals surface area (Å²) in [6, 6.07) is 19.6. The number of aromatic nitrogens is 2. The molecule has 0 saturated heterocycles. The maximum Gasteiger partial charge on any atom is 0.234 e. The highest BCUT2D eigenvalue weighted by atomic mass is 79.9. The van der Waals surface area contributed by atoms with Crippen molar-refractivity contribution in [2.75, 3.05) is 16.4 Å². The molecular weight excluding hydrogens is 424 g/mol. The van der Waals surface area contributed by atoms with Gasteiger partial charge in [-0.15, -0.1) is 10.2 Å². The third-order valence-corrected chi connectivity index (χ3v) is 5.28. The van der Waals surface area contributed by atoms with E-state index in [9.17, 15) is 4.79 Å². The number of hydrogen-bond donors (Lipinski definition) is 2. The Morgan fingerprint density at radius 1 is 1.07 bits per heavy atom. The first-order valence-corrected chi connectivity index (χ1v) is 10.2. The van der Waals surface area contributed by atoms with Gasteiger partial charge in [-0.3, -0.25) is 4.79 Å². The van der Waals surface area contributed by atoms with Crippen molar-refractivity contribution in [1.82, 2.24) is 10.2 Å². The predicted molar refractivity (Wildman–Crippen MR) is 114 cm³/mol. The van der Waals surface area contributed by atoms with E-state index in [1.54, 1.807) is 0 Å². The van der Waals surface area contributed by atoms with Gasteiger partial charge in [-0.05, 0) is 58.2 Å². The molecule has 1 amide bonds. The van der Waals surface area contributed by atoms with Gasteiger partial charge in [-0.2, -0.15) is 0 Å². The van der Waals surface area contributed by atoms with Gasteiger partial charge < -0.3 is 10.6 Å². The van der Waals surface area contributed by atoms with Crippen LogP contribution in [0.1, 0.15) is 11.1 Å². The summed E-state index contributed by atoms with van der Waals surface area (Å²) in [6.45, 7) is 2.69. The van der Waals surface area contributed by atoms with Crippen molar-refractivity contribution in [3.05, 3.63) is 76.3 Å². The molecule has 27 heavy (non-hydrogen) atoms. The van der Waals surface area contributed by atoms with Gasteiger partial charge in [0.2, 0.25) is 5.91 Å². The molecule has 3 rings (SSSR count). The quantitative estimate of drug-likeness (QED) is 0.509. The molecule has 0 aliphatic heterocycles. The molecule has 0 aliphatic carbocycles. The molecular formula is C20H19BrN4OS. The van der Waals surface area contributed by atoms with Gasteiger partial charge in [0.05, 0.1) is 11.4 Å². The largest absolute Gasteiger partial charge is 0.365 e. The number of amides is 1. The molecule has 0 bridgehead atoms. The fourth-order valence-corrected chi connectivity index (χ4v) is 3.53. The zero-order chi connectivity index (χ0) is 19.1. The van der Waals surface area contributed by atoms with Crippen molar-refractivity contribution in [3.8, 4) is 0 Å². The molecule has 2 aromatic carbocycles. The standard InChI is InChI=1S/C20H19BrN4OS/c1-14-7-8-17(16(21)11-14)23-19(26)13-27-20-10-9-18(24-25-20)22-12-15-5-3-2-4-6-15/h2-11H,12-13H2,1H3,(H,22,24)(H,23,26). The average molecular weight is 443 g/mol. The lowest BCUT2D eigenvalue weighted by Gasteiger charge is -2.08. The number of carbonyl (C=O) groups excluding carboxylic acids is 1. The van der Waals surface area contributed by atoms with Gasteiger partial charge in [0, 0.05) is 11.0 Å². The molecule has 0 fully saturated rings. The van der Waals surface area contributed by atoms with Crippen LogP contribution in [0.3, 0.4) is 0 Å². The van der Waals surface area contributed by atoms with Crippen LogP contribution in [0, 0.1) is 6.92 Å². The minimum absolute atomic E-state index is 0.0855. The number of anilines is 2. The highest BCUT2D eigenvalue weighted by Gasteiger charge is 2.08. The van der Waals surface area contributed by atoms with E-state index >= 15 is 0 Å². The second-order valence-electron chi connectivity index (χ2n) is 5.92. The molecule has 1 heterocycles. The van der Waals surface area contributed by atoms with Crippen LogP contribution in [-0.4, -0.2) is 21.9 Å². The zero-order valence-electron chi connectivity index (χ0n) is 14.8. The second-order valence-corrected chi connectivity index (χ2v) is 7.77. The number of nitrogens with zero attached hydrogens (tertiary/aromatic N) is 2. The Balaban J connectivity index is 1.47. The third kappa shape index (κ3) is 6.08. The van der Waals surface area contributed by atoms with Crippen molar-refractivity contribution in [3.63, 3.8) is 0 Å². The number of hydrogen-bond acceptors (Lipinski definition) is 5. The topological polar surface area (TPSA) is 66.9 Å². The lowest BCUT2D eigenvalue weighted by Crippen LogP contribution is -2.14. The fraction of sp³-hybridized carbons (Fsp3) is 0.150. The number of carbonyl (C=O) groups is 1. The van der Waals surface area contributed by atoms with Crippen LogP contribution in [0.25, 0.3) is 0 Å². The molecule has 2 N–H and O–H groups in total. The van der Waals surface area contributed by atoms with Crippen molar-refractivity contribution >= 4 is 45.1 Å². The Hall–Kier alpha value is -2.38. The monoisotopic (exact) mass is 442 g/mol. The summed E-state index contributed by atoms with van der Waals surface area (Å²) in [5.74, 6) is 0.889. The zero-order valence-corrected chi connectivity index (χ0v) is 17.2. The highest BCUT2D eigenvalue weighted by Crippen LogP contribution is 2.24. The van der Waals surface area contributed by atoms with Crippen molar-refractivity contribution in [2.45, 2.75) is 18.5 Å². The SMILES string of the molecule is Cc1ccc(NC(=O)CSc2ccc(NCc3ccccc3)nn2)c(Br)c1. The molecule has 0 saturated carbocycles. The number of aryl methyl sites for hydroxylation is 1.